The topological polar surface area (TPSA) is 124 Å². The number of carbonyl (C=O) groups excluding carboxylic acids is 2. The fraction of sp³-hybridized carbons (Fsp3) is 0.214. The van der Waals surface area contributed by atoms with Crippen LogP contribution >= 0.6 is 11.3 Å². The van der Waals surface area contributed by atoms with E-state index in [0.717, 1.165) is 11.3 Å². The Morgan fingerprint density at radius 1 is 1.35 bits per heavy atom. The molecule has 0 amide bonds. The number of aromatic nitrogens is 1. The van der Waals surface area contributed by atoms with Gasteiger partial charge in [0.1, 0.15) is 4.88 Å². The molecule has 8 nitrogen and oxygen atoms in total. The van der Waals surface area contributed by atoms with Crippen LogP contribution in [0.2, 0.25) is 0 Å². The van der Waals surface area contributed by atoms with Gasteiger partial charge in [0.05, 0.1) is 31.2 Å². The van der Waals surface area contributed by atoms with Crippen LogP contribution < -0.4 is 11.2 Å². The van der Waals surface area contributed by atoms with Crippen LogP contribution in [0.15, 0.2) is 30.5 Å². The van der Waals surface area contributed by atoms with E-state index >= 15 is 0 Å². The SMILES string of the molecule is CCOC(=O)c1ccc(NO)cc1.COC(=O)c1cnc(N)s1.[HH].[HH]. The average molecular weight is 343 g/mol. The molecule has 0 aliphatic rings. The zero-order valence-corrected chi connectivity index (χ0v) is 13.4. The number of hydrogen-bond acceptors (Lipinski definition) is 9. The number of nitrogens with two attached hydrogens (primary N) is 1. The fourth-order valence-electron chi connectivity index (χ4n) is 1.38. The molecule has 2 rings (SSSR count). The van der Waals surface area contributed by atoms with Crippen LogP contribution in [0, 0.1) is 0 Å². The predicted octanol–water partition coefficient (Wildman–Crippen LogP) is 2.67. The summed E-state index contributed by atoms with van der Waals surface area (Å²) in [4.78, 5) is 26.0. The van der Waals surface area contributed by atoms with Crippen LogP contribution in [0.3, 0.4) is 0 Å². The van der Waals surface area contributed by atoms with Gasteiger partial charge in [0.25, 0.3) is 0 Å². The van der Waals surface area contributed by atoms with Crippen LogP contribution in [0.4, 0.5) is 10.8 Å². The first-order valence-electron chi connectivity index (χ1n) is 6.48. The Morgan fingerprint density at radius 2 is 2.00 bits per heavy atom. The molecule has 1 aromatic carbocycles. The quantitative estimate of drug-likeness (QED) is 0.572. The lowest BCUT2D eigenvalue weighted by Crippen LogP contribution is -2.04. The second kappa shape index (κ2) is 9.38. The first-order chi connectivity index (χ1) is 11.0. The van der Waals surface area contributed by atoms with E-state index in [-0.39, 0.29) is 8.82 Å². The Morgan fingerprint density at radius 3 is 2.43 bits per heavy atom. The number of ether oxygens (including phenoxy) is 2. The Labute approximate surface area is 139 Å². The summed E-state index contributed by atoms with van der Waals surface area (Å²) in [5.41, 5.74) is 8.25. The van der Waals surface area contributed by atoms with Gasteiger partial charge < -0.3 is 15.2 Å². The summed E-state index contributed by atoms with van der Waals surface area (Å²) < 4.78 is 9.21. The largest absolute Gasteiger partial charge is 0.465 e. The molecule has 128 valence electrons. The summed E-state index contributed by atoms with van der Waals surface area (Å²) in [6, 6.07) is 6.34. The number of nitrogen functional groups attached to an aromatic ring is 1. The molecule has 0 saturated carbocycles. The third-order valence-corrected chi connectivity index (χ3v) is 3.24. The van der Waals surface area contributed by atoms with Crippen molar-refractivity contribution in [3.63, 3.8) is 0 Å². The molecule has 0 unspecified atom stereocenters. The maximum atomic E-state index is 11.1. The summed E-state index contributed by atoms with van der Waals surface area (Å²) in [6.07, 6.45) is 1.39. The highest BCUT2D eigenvalue weighted by Crippen LogP contribution is 2.14. The molecule has 1 heterocycles. The summed E-state index contributed by atoms with van der Waals surface area (Å²) in [7, 11) is 1.32. The Bertz CT molecular complexity index is 652. The molecule has 9 heteroatoms. The van der Waals surface area contributed by atoms with Gasteiger partial charge in [0.2, 0.25) is 0 Å². The van der Waals surface area contributed by atoms with Crippen molar-refractivity contribution >= 4 is 34.1 Å². The van der Waals surface area contributed by atoms with Crippen molar-refractivity contribution in [1.29, 1.82) is 0 Å². The van der Waals surface area contributed by atoms with Gasteiger partial charge in [-0.3, -0.25) is 10.7 Å². The predicted molar refractivity (Wildman–Crippen MR) is 89.9 cm³/mol. The summed E-state index contributed by atoms with van der Waals surface area (Å²) >= 11 is 1.11. The Kier molecular flexibility index (Phi) is 7.51. The van der Waals surface area contributed by atoms with E-state index in [1.807, 2.05) is 5.48 Å². The smallest absolute Gasteiger partial charge is 0.349 e. The van der Waals surface area contributed by atoms with E-state index in [4.69, 9.17) is 15.7 Å². The van der Waals surface area contributed by atoms with Gasteiger partial charge in [0, 0.05) is 2.85 Å². The van der Waals surface area contributed by atoms with E-state index in [0.29, 0.717) is 27.9 Å². The second-order valence-electron chi connectivity index (χ2n) is 3.96. The number of esters is 2. The van der Waals surface area contributed by atoms with E-state index in [9.17, 15) is 9.59 Å². The highest BCUT2D eigenvalue weighted by molar-refractivity contribution is 7.17. The first kappa shape index (κ1) is 18.4. The fourth-order valence-corrected chi connectivity index (χ4v) is 1.98. The number of anilines is 2. The molecule has 2 aromatic rings. The van der Waals surface area contributed by atoms with Gasteiger partial charge >= 0.3 is 11.9 Å². The molecule has 23 heavy (non-hydrogen) atoms. The number of nitrogens with one attached hydrogen (secondary N) is 1. The standard InChI is InChI=1S/C9H11NO3.C5H6N2O2S.2H2/c1-2-13-9(11)7-3-5-8(10-12)6-4-7;1-9-4(8)3-2-7-5(6)10-3;;/h3-6,10,12H,2H2,1H3;2H,1H3,(H2,6,7);2*1H. The number of thiazole rings is 1. The lowest BCUT2D eigenvalue weighted by molar-refractivity contribution is 0.0525. The molecule has 0 spiro atoms. The zero-order valence-electron chi connectivity index (χ0n) is 12.6. The van der Waals surface area contributed by atoms with Crippen LogP contribution in [0.5, 0.6) is 0 Å². The van der Waals surface area contributed by atoms with Crippen molar-refractivity contribution in [2.45, 2.75) is 6.92 Å². The molecule has 0 saturated heterocycles. The minimum absolute atomic E-state index is 0. The minimum Gasteiger partial charge on any atom is -0.465 e. The summed E-state index contributed by atoms with van der Waals surface area (Å²) in [6.45, 7) is 2.11. The minimum atomic E-state index is -0.394. The molecular formula is C14H21N3O5S. The van der Waals surface area contributed by atoms with Gasteiger partial charge in [-0.25, -0.2) is 14.6 Å². The van der Waals surface area contributed by atoms with Crippen molar-refractivity contribution in [2.24, 2.45) is 0 Å². The van der Waals surface area contributed by atoms with Gasteiger partial charge in [-0.2, -0.15) is 0 Å². The molecule has 0 radical (unpaired) electrons. The molecular weight excluding hydrogens is 322 g/mol. The molecule has 0 aliphatic carbocycles. The third-order valence-electron chi connectivity index (χ3n) is 2.44. The van der Waals surface area contributed by atoms with Crippen LogP contribution in [0.25, 0.3) is 0 Å². The van der Waals surface area contributed by atoms with Gasteiger partial charge in [0.15, 0.2) is 5.13 Å². The molecule has 0 aliphatic heterocycles. The van der Waals surface area contributed by atoms with Crippen molar-refractivity contribution in [3.05, 3.63) is 40.9 Å². The van der Waals surface area contributed by atoms with Crippen molar-refractivity contribution in [1.82, 2.24) is 4.98 Å². The van der Waals surface area contributed by atoms with Crippen LogP contribution in [-0.2, 0) is 9.47 Å². The number of nitrogens with zero attached hydrogens (tertiary/aromatic N) is 1. The summed E-state index contributed by atoms with van der Waals surface area (Å²) in [5.74, 6) is -0.749. The second-order valence-corrected chi connectivity index (χ2v) is 5.03. The summed E-state index contributed by atoms with van der Waals surface area (Å²) in [5, 5.41) is 8.88. The lowest BCUT2D eigenvalue weighted by Gasteiger charge is -2.02. The van der Waals surface area contributed by atoms with Gasteiger partial charge in [-0.05, 0) is 31.2 Å². The number of hydrogen-bond donors (Lipinski definition) is 3. The highest BCUT2D eigenvalue weighted by Gasteiger charge is 2.07. The van der Waals surface area contributed by atoms with E-state index in [1.54, 1.807) is 31.2 Å². The molecule has 0 fully saturated rings. The highest BCUT2D eigenvalue weighted by atomic mass is 32.1. The number of carbonyl (C=O) groups is 2. The van der Waals surface area contributed by atoms with Crippen molar-refractivity contribution in [3.8, 4) is 0 Å². The molecule has 1 aromatic heterocycles. The number of rotatable bonds is 4. The van der Waals surface area contributed by atoms with E-state index in [2.05, 4.69) is 9.72 Å². The number of methoxy groups -OCH3 is 1. The Balaban J connectivity index is 0. The van der Waals surface area contributed by atoms with E-state index in [1.165, 1.54) is 13.3 Å². The normalized spacial score (nSPS) is 9.35. The monoisotopic (exact) mass is 343 g/mol. The molecule has 4 N–H and O–H groups in total. The van der Waals surface area contributed by atoms with Crippen molar-refractivity contribution in [2.75, 3.05) is 24.9 Å². The molecule has 0 atom stereocenters. The van der Waals surface area contributed by atoms with Crippen LogP contribution in [0.1, 0.15) is 29.8 Å². The van der Waals surface area contributed by atoms with Crippen molar-refractivity contribution < 1.29 is 27.1 Å². The first-order valence-corrected chi connectivity index (χ1v) is 7.30. The number of benzene rings is 1. The maximum Gasteiger partial charge on any atom is 0.349 e. The third kappa shape index (κ3) is 5.93. The average Bonchev–Trinajstić information content (AvgIpc) is 3.01. The maximum absolute atomic E-state index is 11.1. The molecule has 0 bridgehead atoms. The van der Waals surface area contributed by atoms with Crippen LogP contribution in [-0.4, -0.2) is 35.8 Å². The van der Waals surface area contributed by atoms with E-state index < -0.39 is 5.97 Å². The zero-order chi connectivity index (χ0) is 17.2. The Hall–Kier alpha value is -2.65. The van der Waals surface area contributed by atoms with Gasteiger partial charge in [-0.15, -0.1) is 0 Å². The van der Waals surface area contributed by atoms with Gasteiger partial charge in [-0.1, -0.05) is 11.3 Å². The lowest BCUT2D eigenvalue weighted by atomic mass is 10.2.